The van der Waals surface area contributed by atoms with Gasteiger partial charge in [-0.2, -0.15) is 0 Å². The molecular weight excluding hydrogens is 261 g/mol. The van der Waals surface area contributed by atoms with Crippen molar-refractivity contribution in [2.24, 2.45) is 5.41 Å². The molecule has 1 atom stereocenters. The third-order valence-electron chi connectivity index (χ3n) is 3.78. The van der Waals surface area contributed by atoms with Gasteiger partial charge in [0.25, 0.3) is 0 Å². The summed E-state index contributed by atoms with van der Waals surface area (Å²) in [5.74, 6) is 0. The first-order valence-corrected chi connectivity index (χ1v) is 6.15. The van der Waals surface area contributed by atoms with Crippen molar-refractivity contribution in [1.29, 1.82) is 0 Å². The lowest BCUT2D eigenvalue weighted by atomic mass is 9.64. The molecule has 1 nitrogen and oxygen atoms in total. The second-order valence-electron chi connectivity index (χ2n) is 4.51. The van der Waals surface area contributed by atoms with E-state index in [1.165, 1.54) is 45.1 Å². The van der Waals surface area contributed by atoms with Gasteiger partial charge in [0.2, 0.25) is 0 Å². The molecule has 0 radical (unpaired) electrons. The first kappa shape index (κ1) is 9.25. The summed E-state index contributed by atoms with van der Waals surface area (Å²) in [5.41, 5.74) is 0.771. The molecule has 0 aromatic rings. The third kappa shape index (κ3) is 1.52. The Morgan fingerprint density at radius 3 is 2.58 bits per heavy atom. The predicted octanol–water partition coefficient (Wildman–Crippen LogP) is 3.38. The van der Waals surface area contributed by atoms with Crippen LogP contribution in [0.25, 0.3) is 0 Å². The molecule has 2 aliphatic rings. The van der Waals surface area contributed by atoms with Crippen molar-refractivity contribution < 1.29 is 0 Å². The summed E-state index contributed by atoms with van der Waals surface area (Å²) < 4.78 is 2.57. The summed E-state index contributed by atoms with van der Waals surface area (Å²) in [6, 6.07) is 0.872. The molecule has 70 valence electrons. The summed E-state index contributed by atoms with van der Waals surface area (Å²) in [6.07, 6.45) is 8.77. The molecule has 0 aromatic heterocycles. The summed E-state index contributed by atoms with van der Waals surface area (Å²) in [5, 5.41) is 0. The van der Waals surface area contributed by atoms with E-state index in [4.69, 9.17) is 0 Å². The Morgan fingerprint density at radius 1 is 1.42 bits per heavy atom. The Hall–Kier alpha value is 0.690. The van der Waals surface area contributed by atoms with Gasteiger partial charge in [0.1, 0.15) is 0 Å². The average molecular weight is 279 g/mol. The first-order chi connectivity index (χ1) is 5.76. The van der Waals surface area contributed by atoms with Gasteiger partial charge in [0.05, 0.1) is 0 Å². The topological polar surface area (TPSA) is 3.24 Å². The number of hydrogen-bond acceptors (Lipinski definition) is 1. The maximum atomic E-state index is 2.57. The maximum absolute atomic E-state index is 2.57. The highest BCUT2D eigenvalue weighted by atomic mass is 127. The monoisotopic (exact) mass is 279 g/mol. The second kappa shape index (κ2) is 3.45. The fraction of sp³-hybridized carbons (Fsp3) is 1.00. The normalized spacial score (nSPS) is 35.0. The van der Waals surface area contributed by atoms with Crippen LogP contribution in [0.1, 0.15) is 45.4 Å². The number of piperidine rings is 1. The third-order valence-corrected chi connectivity index (χ3v) is 4.90. The van der Waals surface area contributed by atoms with Crippen LogP contribution in [0.4, 0.5) is 0 Å². The quantitative estimate of drug-likeness (QED) is 0.525. The smallest absolute Gasteiger partial charge is 0.0204 e. The van der Waals surface area contributed by atoms with Crippen LogP contribution in [-0.2, 0) is 0 Å². The molecule has 2 rings (SSSR count). The Bertz CT molecular complexity index is 165. The molecule has 1 aliphatic carbocycles. The van der Waals surface area contributed by atoms with Crippen LogP contribution in [0.3, 0.4) is 0 Å². The number of rotatable bonds is 1. The van der Waals surface area contributed by atoms with Crippen LogP contribution in [0, 0.1) is 5.41 Å². The predicted molar refractivity (Wildman–Crippen MR) is 60.3 cm³/mol. The zero-order chi connectivity index (χ0) is 8.60. The molecule has 0 bridgehead atoms. The van der Waals surface area contributed by atoms with Crippen LogP contribution in [0.2, 0.25) is 0 Å². The van der Waals surface area contributed by atoms with Gasteiger partial charge in [-0.25, -0.2) is 3.11 Å². The van der Waals surface area contributed by atoms with Crippen LogP contribution in [0.5, 0.6) is 0 Å². The molecule has 2 fully saturated rings. The van der Waals surface area contributed by atoms with E-state index in [1.807, 2.05) is 0 Å². The Kier molecular flexibility index (Phi) is 2.66. The maximum Gasteiger partial charge on any atom is 0.0204 e. The SMILES string of the molecule is CCC1CCC2(CCC2)CN1I. The summed E-state index contributed by atoms with van der Waals surface area (Å²) >= 11 is 2.53. The largest absolute Gasteiger partial charge is 0.244 e. The van der Waals surface area contributed by atoms with Crippen molar-refractivity contribution in [2.45, 2.75) is 51.5 Å². The van der Waals surface area contributed by atoms with E-state index >= 15 is 0 Å². The van der Waals surface area contributed by atoms with E-state index in [0.29, 0.717) is 0 Å². The minimum atomic E-state index is 0.771. The van der Waals surface area contributed by atoms with Gasteiger partial charge in [-0.3, -0.25) is 0 Å². The average Bonchev–Trinajstić information content (AvgIpc) is 2.01. The van der Waals surface area contributed by atoms with Gasteiger partial charge in [-0.1, -0.05) is 13.3 Å². The molecule has 1 spiro atoms. The number of hydrogen-bond donors (Lipinski definition) is 0. The molecule has 1 saturated carbocycles. The summed E-state index contributed by atoms with van der Waals surface area (Å²) in [4.78, 5) is 0. The van der Waals surface area contributed by atoms with Crippen LogP contribution >= 0.6 is 22.9 Å². The minimum Gasteiger partial charge on any atom is -0.244 e. The Balaban J connectivity index is 1.94. The highest BCUT2D eigenvalue weighted by Crippen LogP contribution is 2.49. The van der Waals surface area contributed by atoms with E-state index in [-0.39, 0.29) is 0 Å². The molecule has 1 saturated heterocycles. The molecule has 0 N–H and O–H groups in total. The molecule has 0 aromatic carbocycles. The van der Waals surface area contributed by atoms with E-state index in [2.05, 4.69) is 32.9 Å². The standard InChI is InChI=1S/C10H18IN/c1-2-9-4-7-10(5-3-6-10)8-12(9)11/h9H,2-8H2,1H3. The summed E-state index contributed by atoms with van der Waals surface area (Å²) in [6.45, 7) is 3.68. The van der Waals surface area contributed by atoms with Gasteiger partial charge in [-0.05, 0) is 37.5 Å². The van der Waals surface area contributed by atoms with Gasteiger partial charge < -0.3 is 0 Å². The molecule has 12 heavy (non-hydrogen) atoms. The van der Waals surface area contributed by atoms with Gasteiger partial charge in [-0.15, -0.1) is 0 Å². The lowest BCUT2D eigenvalue weighted by Gasteiger charge is -2.50. The first-order valence-electron chi connectivity index (χ1n) is 5.18. The van der Waals surface area contributed by atoms with Crippen molar-refractivity contribution in [1.82, 2.24) is 3.11 Å². The molecule has 1 aliphatic heterocycles. The zero-order valence-electron chi connectivity index (χ0n) is 7.85. The van der Waals surface area contributed by atoms with Crippen LogP contribution in [-0.4, -0.2) is 15.7 Å². The van der Waals surface area contributed by atoms with Crippen molar-refractivity contribution in [3.8, 4) is 0 Å². The minimum absolute atomic E-state index is 0.771. The van der Waals surface area contributed by atoms with Crippen molar-refractivity contribution in [3.63, 3.8) is 0 Å². The lowest BCUT2D eigenvalue weighted by Crippen LogP contribution is -2.47. The van der Waals surface area contributed by atoms with Crippen molar-refractivity contribution in [2.75, 3.05) is 6.54 Å². The van der Waals surface area contributed by atoms with E-state index in [1.54, 1.807) is 0 Å². The fourth-order valence-electron chi connectivity index (χ4n) is 2.63. The van der Waals surface area contributed by atoms with Gasteiger partial charge >= 0.3 is 0 Å². The highest BCUT2D eigenvalue weighted by Gasteiger charge is 2.42. The molecule has 1 heterocycles. The molecular formula is C10H18IN. The van der Waals surface area contributed by atoms with Crippen LogP contribution in [0.15, 0.2) is 0 Å². The summed E-state index contributed by atoms with van der Waals surface area (Å²) in [7, 11) is 0. The van der Waals surface area contributed by atoms with E-state index in [0.717, 1.165) is 11.5 Å². The Labute approximate surface area is 89.4 Å². The Morgan fingerprint density at radius 2 is 2.17 bits per heavy atom. The lowest BCUT2D eigenvalue weighted by molar-refractivity contribution is 0.0424. The van der Waals surface area contributed by atoms with Crippen molar-refractivity contribution >= 4 is 22.9 Å². The van der Waals surface area contributed by atoms with Gasteiger partial charge in [0, 0.05) is 35.5 Å². The highest BCUT2D eigenvalue weighted by molar-refractivity contribution is 14.1. The number of halogens is 1. The van der Waals surface area contributed by atoms with Gasteiger partial charge in [0.15, 0.2) is 0 Å². The number of nitrogens with zero attached hydrogens (tertiary/aromatic N) is 1. The molecule has 1 unspecified atom stereocenters. The van der Waals surface area contributed by atoms with Crippen molar-refractivity contribution in [3.05, 3.63) is 0 Å². The van der Waals surface area contributed by atoms with Crippen LogP contribution < -0.4 is 0 Å². The molecule has 0 amide bonds. The van der Waals surface area contributed by atoms with E-state index in [9.17, 15) is 0 Å². The fourth-order valence-corrected chi connectivity index (χ4v) is 4.02. The zero-order valence-corrected chi connectivity index (χ0v) is 10.0. The second-order valence-corrected chi connectivity index (χ2v) is 5.75. The molecule has 2 heteroatoms. The van der Waals surface area contributed by atoms with E-state index < -0.39 is 0 Å².